The quantitative estimate of drug-likeness (QED) is 0.686. The number of carboxylic acids is 1. The second-order valence-electron chi connectivity index (χ2n) is 2.52. The Kier molecular flexibility index (Phi) is 1.47. The van der Waals surface area contributed by atoms with Crippen LogP contribution in [0.3, 0.4) is 0 Å². The van der Waals surface area contributed by atoms with E-state index < -0.39 is 5.97 Å². The molecule has 0 saturated heterocycles. The van der Waals surface area contributed by atoms with Gasteiger partial charge in [-0.15, -0.1) is 0 Å². The summed E-state index contributed by atoms with van der Waals surface area (Å²) >= 11 is 0. The van der Waals surface area contributed by atoms with Crippen molar-refractivity contribution >= 4 is 23.8 Å². The van der Waals surface area contributed by atoms with Crippen LogP contribution in [0.25, 0.3) is 10.7 Å². The number of hydrogen-bond donors (Lipinski definition) is 1. The third-order valence-electron chi connectivity index (χ3n) is 1.72. The fourth-order valence-electron chi connectivity index (χ4n) is 1.10. The topological polar surface area (TPSA) is 50.4 Å². The van der Waals surface area contributed by atoms with Crippen molar-refractivity contribution in [3.8, 4) is 0 Å². The zero-order chi connectivity index (χ0) is 8.55. The summed E-state index contributed by atoms with van der Waals surface area (Å²) in [6.45, 7) is 0. The van der Waals surface area contributed by atoms with E-state index in [1.807, 2.05) is 0 Å². The van der Waals surface area contributed by atoms with E-state index in [9.17, 15) is 4.79 Å². The second kappa shape index (κ2) is 2.48. The molecule has 0 bridgehead atoms. The van der Waals surface area contributed by atoms with Gasteiger partial charge in [-0.3, -0.25) is 0 Å². The molecule has 2 aromatic rings. The molecule has 1 N–H and O–H groups in total. The predicted octanol–water partition coefficient (Wildman–Crippen LogP) is 1.47. The molecular weight excluding hydrogens is 155 g/mol. The van der Waals surface area contributed by atoms with Gasteiger partial charge in [-0.05, 0) is 0 Å². The van der Waals surface area contributed by atoms with Gasteiger partial charge in [0.25, 0.3) is 0 Å². The van der Waals surface area contributed by atoms with E-state index in [0.29, 0.717) is 0 Å². The van der Waals surface area contributed by atoms with Crippen LogP contribution in [0.1, 0.15) is 10.4 Å². The molecule has 0 fully saturated rings. The van der Waals surface area contributed by atoms with Crippen molar-refractivity contribution < 1.29 is 14.2 Å². The number of benzene rings is 1. The average molecular weight is 160 g/mol. The summed E-state index contributed by atoms with van der Waals surface area (Å²) in [5, 5.41) is 10.4. The number of rotatable bonds is 1. The number of carboxylic acid groups (broad SMARTS) is 1. The first-order valence-electron chi connectivity index (χ1n) is 3.46. The maximum absolute atomic E-state index is 10.5. The van der Waals surface area contributed by atoms with E-state index in [0.717, 1.165) is 10.7 Å². The van der Waals surface area contributed by atoms with Crippen molar-refractivity contribution in [3.05, 3.63) is 30.0 Å². The zero-order valence-electron chi connectivity index (χ0n) is 6.15. The Balaban J connectivity index is 2.68. The van der Waals surface area contributed by atoms with E-state index in [-0.39, 0.29) is 5.56 Å². The van der Waals surface area contributed by atoms with E-state index in [4.69, 9.17) is 9.44 Å². The number of hydrogen-bond acceptors (Lipinski definition) is 2. The van der Waals surface area contributed by atoms with Crippen molar-refractivity contribution in [2.75, 3.05) is 0 Å². The van der Waals surface area contributed by atoms with Gasteiger partial charge in [-0.1, -0.05) is 0 Å². The molecule has 0 aliphatic carbocycles. The van der Waals surface area contributed by atoms with Crippen molar-refractivity contribution in [1.29, 1.82) is 0 Å². The Labute approximate surface area is 68.9 Å². The minimum atomic E-state index is -0.918. The Morgan fingerprint density at radius 1 is 1.50 bits per heavy atom. The maximum atomic E-state index is 10.5. The SMILES string of the molecule is O=C(O)c1ccc2cobc2c1. The number of aromatic carboxylic acids is 1. The van der Waals surface area contributed by atoms with Gasteiger partial charge in [0.05, 0.1) is 0 Å². The summed E-state index contributed by atoms with van der Waals surface area (Å²) in [6.07, 6.45) is 1.58. The average Bonchev–Trinajstić information content (AvgIpc) is 2.49. The fraction of sp³-hybridized carbons (Fsp3) is 0. The molecule has 2 rings (SSSR count). The van der Waals surface area contributed by atoms with E-state index in [1.165, 1.54) is 7.13 Å². The Hall–Kier alpha value is -1.58. The summed E-state index contributed by atoms with van der Waals surface area (Å²) in [4.78, 5) is 10.5. The Morgan fingerprint density at radius 2 is 2.33 bits per heavy atom. The molecule has 0 spiro atoms. The normalized spacial score (nSPS) is 10.0. The molecule has 1 heterocycles. The standard InChI is InChI=1S/C8H5BO3/c10-8(11)5-1-2-6-4-12-9-7(6)3-5/h1-4H,(H,10,11). The van der Waals surface area contributed by atoms with Crippen LogP contribution in [-0.2, 0) is 0 Å². The summed E-state index contributed by atoms with van der Waals surface area (Å²) in [7, 11) is 1.53. The van der Waals surface area contributed by atoms with Crippen molar-refractivity contribution in [3.63, 3.8) is 0 Å². The molecule has 0 unspecified atom stereocenters. The van der Waals surface area contributed by atoms with E-state index in [2.05, 4.69) is 0 Å². The summed E-state index contributed by atoms with van der Waals surface area (Å²) < 4.78 is 4.91. The third kappa shape index (κ3) is 1.01. The van der Waals surface area contributed by atoms with Crippen LogP contribution < -0.4 is 0 Å². The first-order valence-corrected chi connectivity index (χ1v) is 3.46. The third-order valence-corrected chi connectivity index (χ3v) is 1.72. The van der Waals surface area contributed by atoms with E-state index in [1.54, 1.807) is 24.5 Å². The zero-order valence-corrected chi connectivity index (χ0v) is 6.15. The summed E-state index contributed by atoms with van der Waals surface area (Å²) in [5.41, 5.74) is 0.281. The molecular formula is C8H5BO3. The van der Waals surface area contributed by atoms with Gasteiger partial charge >= 0.3 is 68.0 Å². The molecule has 3 nitrogen and oxygen atoms in total. The molecule has 0 radical (unpaired) electrons. The molecule has 0 amide bonds. The molecule has 4 heteroatoms. The molecule has 0 saturated carbocycles. The molecule has 12 heavy (non-hydrogen) atoms. The van der Waals surface area contributed by atoms with Gasteiger partial charge < -0.3 is 0 Å². The van der Waals surface area contributed by atoms with Crippen molar-refractivity contribution in [2.45, 2.75) is 0 Å². The molecule has 58 valence electrons. The van der Waals surface area contributed by atoms with Gasteiger partial charge in [0, 0.05) is 0 Å². The first kappa shape index (κ1) is 7.09. The van der Waals surface area contributed by atoms with Gasteiger partial charge in [0.1, 0.15) is 0 Å². The Bertz CT molecular complexity index is 433. The van der Waals surface area contributed by atoms with E-state index >= 15 is 0 Å². The minimum absolute atomic E-state index is 0.281. The predicted molar refractivity (Wildman–Crippen MR) is 44.5 cm³/mol. The fourth-order valence-corrected chi connectivity index (χ4v) is 1.10. The van der Waals surface area contributed by atoms with Crippen LogP contribution >= 0.6 is 0 Å². The first-order chi connectivity index (χ1) is 5.77. The second-order valence-corrected chi connectivity index (χ2v) is 2.52. The summed E-state index contributed by atoms with van der Waals surface area (Å²) in [5.74, 6) is -0.918. The molecule has 1 aromatic heterocycles. The number of carbonyl (C=O) groups is 1. The van der Waals surface area contributed by atoms with Gasteiger partial charge in [0.15, 0.2) is 0 Å². The van der Waals surface area contributed by atoms with Crippen LogP contribution in [0.4, 0.5) is 0 Å². The van der Waals surface area contributed by atoms with Crippen LogP contribution in [0.2, 0.25) is 0 Å². The van der Waals surface area contributed by atoms with Crippen LogP contribution in [0.15, 0.2) is 28.8 Å². The van der Waals surface area contributed by atoms with Crippen molar-refractivity contribution in [1.82, 2.24) is 0 Å². The summed E-state index contributed by atoms with van der Waals surface area (Å²) in [6, 6.07) is 4.86. The molecule has 0 aliphatic heterocycles. The van der Waals surface area contributed by atoms with Crippen LogP contribution in [-0.4, -0.2) is 18.2 Å². The van der Waals surface area contributed by atoms with Gasteiger partial charge in [0.2, 0.25) is 0 Å². The molecule has 0 atom stereocenters. The molecule has 1 aromatic carbocycles. The van der Waals surface area contributed by atoms with Gasteiger partial charge in [-0.2, -0.15) is 0 Å². The van der Waals surface area contributed by atoms with Crippen LogP contribution in [0.5, 0.6) is 0 Å². The van der Waals surface area contributed by atoms with Crippen molar-refractivity contribution in [2.24, 2.45) is 0 Å². The monoisotopic (exact) mass is 160 g/mol. The number of fused-ring (bicyclic) bond motifs is 1. The molecule has 0 aliphatic rings. The van der Waals surface area contributed by atoms with Gasteiger partial charge in [-0.25, -0.2) is 0 Å². The van der Waals surface area contributed by atoms with Crippen LogP contribution in [0, 0.1) is 0 Å². The Morgan fingerprint density at radius 3 is 3.08 bits per heavy atom.